The predicted molar refractivity (Wildman–Crippen MR) is 123 cm³/mol. The second kappa shape index (κ2) is 9.10. The first-order chi connectivity index (χ1) is 15.4. The van der Waals surface area contributed by atoms with Crippen molar-refractivity contribution in [2.75, 3.05) is 13.2 Å². The smallest absolute Gasteiger partial charge is 0.332 e. The molecule has 2 aromatic heterocycles. The van der Waals surface area contributed by atoms with Crippen LogP contribution in [0.15, 0.2) is 58.1 Å². The van der Waals surface area contributed by atoms with Gasteiger partial charge in [-0.2, -0.15) is 4.98 Å². The molecule has 2 aromatic carbocycles. The molecule has 10 heteroatoms. The molecule has 0 unspecified atom stereocenters. The number of halogens is 2. The Morgan fingerprint density at radius 3 is 2.38 bits per heavy atom. The van der Waals surface area contributed by atoms with E-state index < -0.39 is 11.2 Å². The Labute approximate surface area is 193 Å². The van der Waals surface area contributed by atoms with Crippen molar-refractivity contribution in [1.82, 2.24) is 18.7 Å². The molecule has 0 bridgehead atoms. The number of hydrogen-bond acceptors (Lipinski definition) is 5. The second-order valence-corrected chi connectivity index (χ2v) is 7.95. The SMILES string of the molecule is Cn1c(=O)c2c(nc(OCCOc3ccccc3)n2Cc2ccc(Cl)cc2Cl)n(C)c1=O. The van der Waals surface area contributed by atoms with Crippen molar-refractivity contribution in [2.45, 2.75) is 6.54 Å². The third kappa shape index (κ3) is 4.24. The monoisotopic (exact) mass is 474 g/mol. The van der Waals surface area contributed by atoms with Crippen LogP contribution in [-0.4, -0.2) is 31.9 Å². The summed E-state index contributed by atoms with van der Waals surface area (Å²) in [6.45, 7) is 0.654. The number of imidazole rings is 1. The molecule has 0 fully saturated rings. The van der Waals surface area contributed by atoms with Crippen molar-refractivity contribution >= 4 is 34.4 Å². The van der Waals surface area contributed by atoms with E-state index in [0.717, 1.165) is 10.1 Å². The number of aromatic nitrogens is 4. The number of nitrogens with zero attached hydrogens (tertiary/aromatic N) is 4. The molecule has 166 valence electrons. The van der Waals surface area contributed by atoms with Crippen molar-refractivity contribution in [3.63, 3.8) is 0 Å². The van der Waals surface area contributed by atoms with Crippen LogP contribution in [0.1, 0.15) is 5.56 Å². The van der Waals surface area contributed by atoms with Crippen LogP contribution in [0.2, 0.25) is 10.0 Å². The largest absolute Gasteiger partial charge is 0.490 e. The zero-order valence-corrected chi connectivity index (χ0v) is 18.9. The highest BCUT2D eigenvalue weighted by molar-refractivity contribution is 6.35. The van der Waals surface area contributed by atoms with Crippen molar-refractivity contribution in [2.24, 2.45) is 14.1 Å². The van der Waals surface area contributed by atoms with E-state index in [-0.39, 0.29) is 36.9 Å². The summed E-state index contributed by atoms with van der Waals surface area (Å²) >= 11 is 12.4. The molecule has 8 nitrogen and oxygen atoms in total. The average Bonchev–Trinajstić information content (AvgIpc) is 3.14. The zero-order chi connectivity index (χ0) is 22.8. The predicted octanol–water partition coefficient (Wildman–Crippen LogP) is 3.25. The highest BCUT2D eigenvalue weighted by atomic mass is 35.5. The van der Waals surface area contributed by atoms with Crippen LogP contribution in [0.25, 0.3) is 11.2 Å². The summed E-state index contributed by atoms with van der Waals surface area (Å²) in [5.74, 6) is 0.716. The third-order valence-electron chi connectivity index (χ3n) is 4.98. The number of aryl methyl sites for hydroxylation is 1. The first kappa shape index (κ1) is 22.0. The number of rotatable bonds is 7. The fourth-order valence-electron chi connectivity index (χ4n) is 3.31. The van der Waals surface area contributed by atoms with E-state index in [1.54, 1.807) is 29.8 Å². The fraction of sp³-hybridized carbons (Fsp3) is 0.227. The molecule has 0 spiro atoms. The van der Waals surface area contributed by atoms with Crippen molar-refractivity contribution in [3.8, 4) is 11.8 Å². The van der Waals surface area contributed by atoms with Gasteiger partial charge in [-0.1, -0.05) is 47.5 Å². The van der Waals surface area contributed by atoms with Crippen LogP contribution in [0.3, 0.4) is 0 Å². The molecule has 0 aliphatic carbocycles. The first-order valence-corrected chi connectivity index (χ1v) is 10.5. The van der Waals surface area contributed by atoms with Crippen LogP contribution in [-0.2, 0) is 20.6 Å². The average molecular weight is 475 g/mol. The van der Waals surface area contributed by atoms with Crippen molar-refractivity contribution < 1.29 is 9.47 Å². The summed E-state index contributed by atoms with van der Waals surface area (Å²) in [7, 11) is 2.98. The van der Waals surface area contributed by atoms with E-state index in [9.17, 15) is 9.59 Å². The van der Waals surface area contributed by atoms with Gasteiger partial charge in [0, 0.05) is 24.1 Å². The van der Waals surface area contributed by atoms with E-state index in [2.05, 4.69) is 4.98 Å². The summed E-state index contributed by atoms with van der Waals surface area (Å²) in [6.07, 6.45) is 0. The second-order valence-electron chi connectivity index (χ2n) is 7.10. The van der Waals surface area contributed by atoms with Gasteiger partial charge in [-0.15, -0.1) is 0 Å². The lowest BCUT2D eigenvalue weighted by Crippen LogP contribution is -2.37. The Bertz CT molecular complexity index is 1390. The highest BCUT2D eigenvalue weighted by Gasteiger charge is 2.21. The zero-order valence-electron chi connectivity index (χ0n) is 17.4. The van der Waals surface area contributed by atoms with Gasteiger partial charge in [-0.25, -0.2) is 4.79 Å². The lowest BCUT2D eigenvalue weighted by Gasteiger charge is -2.12. The minimum absolute atomic E-state index is 0.181. The van der Waals surface area contributed by atoms with Gasteiger partial charge in [-0.3, -0.25) is 18.5 Å². The van der Waals surface area contributed by atoms with E-state index in [1.165, 1.54) is 11.6 Å². The molecule has 2 heterocycles. The molecule has 4 rings (SSSR count). The van der Waals surface area contributed by atoms with Gasteiger partial charge in [0.05, 0.1) is 6.54 Å². The number of benzene rings is 2. The topological polar surface area (TPSA) is 80.3 Å². The fourth-order valence-corrected chi connectivity index (χ4v) is 3.78. The van der Waals surface area contributed by atoms with Gasteiger partial charge in [0.15, 0.2) is 11.2 Å². The number of hydrogen-bond donors (Lipinski definition) is 0. The Hall–Kier alpha value is -3.23. The lowest BCUT2D eigenvalue weighted by atomic mass is 10.2. The molecule has 0 aliphatic rings. The molecular weight excluding hydrogens is 455 g/mol. The summed E-state index contributed by atoms with van der Waals surface area (Å²) in [5, 5.41) is 0.946. The molecule has 0 saturated carbocycles. The Morgan fingerprint density at radius 1 is 0.938 bits per heavy atom. The Kier molecular flexibility index (Phi) is 6.25. The normalized spacial score (nSPS) is 11.1. The Morgan fingerprint density at radius 2 is 1.66 bits per heavy atom. The van der Waals surface area contributed by atoms with Crippen molar-refractivity contribution in [3.05, 3.63) is 85.0 Å². The summed E-state index contributed by atoms with van der Waals surface area (Å²) < 4.78 is 15.5. The summed E-state index contributed by atoms with van der Waals surface area (Å²) in [5.41, 5.74) is 0.227. The van der Waals surface area contributed by atoms with Gasteiger partial charge in [0.2, 0.25) is 0 Å². The lowest BCUT2D eigenvalue weighted by molar-refractivity contribution is 0.202. The maximum Gasteiger partial charge on any atom is 0.332 e. The molecular formula is C22H20Cl2N4O4. The summed E-state index contributed by atoms with van der Waals surface area (Å²) in [6, 6.07) is 14.6. The Balaban J connectivity index is 1.71. The van der Waals surface area contributed by atoms with Crippen LogP contribution >= 0.6 is 23.2 Å². The molecule has 0 atom stereocenters. The van der Waals surface area contributed by atoms with Gasteiger partial charge < -0.3 is 9.47 Å². The minimum Gasteiger partial charge on any atom is -0.490 e. The quantitative estimate of drug-likeness (QED) is 0.384. The van der Waals surface area contributed by atoms with Crippen LogP contribution in [0.5, 0.6) is 11.8 Å². The maximum atomic E-state index is 12.9. The standard InChI is InChI=1S/C22H20Cl2N4O4/c1-26-19-18(20(29)27(2)22(26)30)28(13-14-8-9-15(23)12-17(14)24)21(25-19)32-11-10-31-16-6-4-3-5-7-16/h3-9,12H,10-11,13H2,1-2H3. The first-order valence-electron chi connectivity index (χ1n) is 9.77. The van der Waals surface area contributed by atoms with E-state index >= 15 is 0 Å². The molecule has 4 aromatic rings. The molecule has 0 radical (unpaired) electrons. The summed E-state index contributed by atoms with van der Waals surface area (Å²) in [4.78, 5) is 29.7. The van der Waals surface area contributed by atoms with Gasteiger partial charge in [0.25, 0.3) is 11.6 Å². The number of ether oxygens (including phenoxy) is 2. The minimum atomic E-state index is -0.476. The number of para-hydroxylation sites is 1. The molecule has 0 aliphatic heterocycles. The van der Waals surface area contributed by atoms with Crippen LogP contribution in [0, 0.1) is 0 Å². The molecule has 0 saturated heterocycles. The van der Waals surface area contributed by atoms with Crippen LogP contribution < -0.4 is 20.7 Å². The maximum absolute atomic E-state index is 12.9. The van der Waals surface area contributed by atoms with E-state index in [1.807, 2.05) is 30.3 Å². The van der Waals surface area contributed by atoms with Gasteiger partial charge in [-0.05, 0) is 29.8 Å². The van der Waals surface area contributed by atoms with Crippen molar-refractivity contribution in [1.29, 1.82) is 0 Å². The van der Waals surface area contributed by atoms with Crippen LogP contribution in [0.4, 0.5) is 0 Å². The third-order valence-corrected chi connectivity index (χ3v) is 5.57. The van der Waals surface area contributed by atoms with E-state index in [0.29, 0.717) is 15.8 Å². The van der Waals surface area contributed by atoms with E-state index in [4.69, 9.17) is 32.7 Å². The van der Waals surface area contributed by atoms with Gasteiger partial charge >= 0.3 is 5.69 Å². The highest BCUT2D eigenvalue weighted by Crippen LogP contribution is 2.25. The van der Waals surface area contributed by atoms with Gasteiger partial charge in [0.1, 0.15) is 19.0 Å². The molecule has 32 heavy (non-hydrogen) atoms. The number of fused-ring (bicyclic) bond motifs is 1. The molecule has 0 N–H and O–H groups in total. The molecule has 0 amide bonds.